The monoisotopic (exact) mass is 270 g/mol. The van der Waals surface area contributed by atoms with Gasteiger partial charge in [0.25, 0.3) is 0 Å². The lowest BCUT2D eigenvalue weighted by atomic mass is 10.1. The summed E-state index contributed by atoms with van der Waals surface area (Å²) >= 11 is 5.87. The molecule has 1 aromatic rings. The second kappa shape index (κ2) is 7.41. The van der Waals surface area contributed by atoms with E-state index >= 15 is 0 Å². The summed E-state index contributed by atoms with van der Waals surface area (Å²) in [5, 5.41) is 3.65. The molecule has 102 valence electrons. The molecule has 0 aliphatic carbocycles. The zero-order chi connectivity index (χ0) is 13.5. The Morgan fingerprint density at radius 2 is 1.94 bits per heavy atom. The first kappa shape index (κ1) is 15.0. The predicted molar refractivity (Wildman–Crippen MR) is 78.0 cm³/mol. The highest BCUT2D eigenvalue weighted by Gasteiger charge is 2.12. The van der Waals surface area contributed by atoms with Crippen molar-refractivity contribution >= 4 is 23.1 Å². The van der Waals surface area contributed by atoms with Crippen molar-refractivity contribution in [2.75, 3.05) is 11.1 Å². The number of rotatable bonds is 7. The lowest BCUT2D eigenvalue weighted by molar-refractivity contribution is 0.563. The summed E-state index contributed by atoms with van der Waals surface area (Å²) in [6, 6.07) is 0.405. The quantitative estimate of drug-likeness (QED) is 0.740. The normalized spacial score (nSPS) is 12.4. The number of nitrogens with zero attached hydrogens (tertiary/aromatic N) is 2. The number of nitrogens with two attached hydrogens (primary N) is 1. The molecule has 18 heavy (non-hydrogen) atoms. The van der Waals surface area contributed by atoms with Crippen LogP contribution in [0.4, 0.5) is 11.5 Å². The van der Waals surface area contributed by atoms with Gasteiger partial charge in [0.15, 0.2) is 5.82 Å². The van der Waals surface area contributed by atoms with Gasteiger partial charge in [-0.15, -0.1) is 0 Å². The van der Waals surface area contributed by atoms with Gasteiger partial charge in [0, 0.05) is 6.04 Å². The number of unbranched alkanes of at least 4 members (excludes halogenated alkanes) is 1. The van der Waals surface area contributed by atoms with E-state index in [1.165, 1.54) is 12.8 Å². The van der Waals surface area contributed by atoms with Gasteiger partial charge in [-0.25, -0.2) is 4.98 Å². The van der Waals surface area contributed by atoms with Gasteiger partial charge in [0.2, 0.25) is 5.28 Å². The zero-order valence-electron chi connectivity index (χ0n) is 11.5. The van der Waals surface area contributed by atoms with Gasteiger partial charge in [-0.2, -0.15) is 4.98 Å². The Morgan fingerprint density at radius 3 is 2.56 bits per heavy atom. The lowest BCUT2D eigenvalue weighted by Gasteiger charge is -2.20. The van der Waals surface area contributed by atoms with Crippen LogP contribution in [-0.2, 0) is 0 Å². The smallest absolute Gasteiger partial charge is 0.224 e. The molecule has 3 N–H and O–H groups in total. The summed E-state index contributed by atoms with van der Waals surface area (Å²) in [5.41, 5.74) is 7.30. The minimum Gasteiger partial charge on any atom is -0.394 e. The summed E-state index contributed by atoms with van der Waals surface area (Å²) in [6.07, 6.45) is 5.78. The van der Waals surface area contributed by atoms with Crippen molar-refractivity contribution in [2.45, 2.75) is 58.9 Å². The van der Waals surface area contributed by atoms with Crippen LogP contribution in [0.5, 0.6) is 0 Å². The Balaban J connectivity index is 2.79. The fraction of sp³-hybridized carbons (Fsp3) is 0.692. The first-order valence-corrected chi connectivity index (χ1v) is 7.02. The molecule has 0 aliphatic rings. The van der Waals surface area contributed by atoms with E-state index in [-0.39, 0.29) is 5.28 Å². The van der Waals surface area contributed by atoms with Crippen LogP contribution in [0.3, 0.4) is 0 Å². The number of aromatic nitrogens is 2. The highest BCUT2D eigenvalue weighted by molar-refractivity contribution is 6.28. The Bertz CT molecular complexity index is 381. The van der Waals surface area contributed by atoms with Gasteiger partial charge in [-0.05, 0) is 31.4 Å². The van der Waals surface area contributed by atoms with Gasteiger partial charge >= 0.3 is 0 Å². The molecule has 0 amide bonds. The van der Waals surface area contributed by atoms with Crippen molar-refractivity contribution in [1.29, 1.82) is 0 Å². The van der Waals surface area contributed by atoms with Crippen molar-refractivity contribution in [3.05, 3.63) is 11.0 Å². The molecule has 0 saturated carbocycles. The number of hydrogen-bond donors (Lipinski definition) is 2. The van der Waals surface area contributed by atoms with E-state index in [1.807, 2.05) is 6.92 Å². The molecule has 0 saturated heterocycles. The highest BCUT2D eigenvalue weighted by Crippen LogP contribution is 2.23. The number of hydrogen-bond acceptors (Lipinski definition) is 4. The van der Waals surface area contributed by atoms with Gasteiger partial charge in [0.05, 0.1) is 11.4 Å². The second-order valence-electron chi connectivity index (χ2n) is 4.61. The minimum atomic E-state index is 0.245. The van der Waals surface area contributed by atoms with E-state index in [9.17, 15) is 0 Å². The molecule has 1 atom stereocenters. The van der Waals surface area contributed by atoms with Crippen LogP contribution in [0, 0.1) is 6.92 Å². The molecule has 0 bridgehead atoms. The SMILES string of the molecule is CCCCC(CCC)Nc1nc(Cl)nc(C)c1N. The van der Waals surface area contributed by atoms with Gasteiger partial charge < -0.3 is 11.1 Å². The van der Waals surface area contributed by atoms with Gasteiger partial charge in [-0.3, -0.25) is 0 Å². The van der Waals surface area contributed by atoms with Crippen LogP contribution in [0.2, 0.25) is 5.28 Å². The van der Waals surface area contributed by atoms with E-state index < -0.39 is 0 Å². The highest BCUT2D eigenvalue weighted by atomic mass is 35.5. The first-order valence-electron chi connectivity index (χ1n) is 6.64. The van der Waals surface area contributed by atoms with E-state index in [1.54, 1.807) is 0 Å². The molecule has 0 aromatic carbocycles. The van der Waals surface area contributed by atoms with Crippen LogP contribution >= 0.6 is 11.6 Å². The molecule has 1 heterocycles. The maximum Gasteiger partial charge on any atom is 0.224 e. The van der Waals surface area contributed by atoms with Gasteiger partial charge in [0.1, 0.15) is 0 Å². The summed E-state index contributed by atoms with van der Waals surface area (Å²) in [7, 11) is 0. The van der Waals surface area contributed by atoms with Crippen LogP contribution < -0.4 is 11.1 Å². The summed E-state index contributed by atoms with van der Waals surface area (Å²) in [6.45, 7) is 6.22. The molecule has 0 fully saturated rings. The first-order chi connectivity index (χ1) is 8.58. The minimum absolute atomic E-state index is 0.245. The Hall–Kier alpha value is -1.03. The zero-order valence-corrected chi connectivity index (χ0v) is 12.2. The molecule has 1 aromatic heterocycles. The Kier molecular flexibility index (Phi) is 6.19. The van der Waals surface area contributed by atoms with E-state index in [4.69, 9.17) is 17.3 Å². The number of anilines is 2. The maximum absolute atomic E-state index is 5.98. The lowest BCUT2D eigenvalue weighted by Crippen LogP contribution is -2.21. The Morgan fingerprint density at radius 1 is 1.22 bits per heavy atom. The molecule has 0 radical (unpaired) electrons. The van der Waals surface area contributed by atoms with Crippen molar-refractivity contribution in [2.24, 2.45) is 0 Å². The number of nitrogen functional groups attached to an aromatic ring is 1. The third-order valence-corrected chi connectivity index (χ3v) is 3.16. The van der Waals surface area contributed by atoms with Crippen LogP contribution in [-0.4, -0.2) is 16.0 Å². The molecule has 0 spiro atoms. The standard InChI is InChI=1S/C13H23ClN4/c1-4-6-8-10(7-5-2)17-12-11(15)9(3)16-13(14)18-12/h10H,4-8,15H2,1-3H3,(H,16,17,18). The fourth-order valence-corrected chi connectivity index (χ4v) is 2.15. The fourth-order valence-electron chi connectivity index (χ4n) is 1.94. The average molecular weight is 271 g/mol. The molecule has 0 aliphatic heterocycles. The topological polar surface area (TPSA) is 63.8 Å². The Labute approximate surface area is 114 Å². The van der Waals surface area contributed by atoms with Crippen LogP contribution in [0.15, 0.2) is 0 Å². The maximum atomic E-state index is 5.98. The molecular weight excluding hydrogens is 248 g/mol. The summed E-state index contributed by atoms with van der Waals surface area (Å²) in [5.74, 6) is 0.669. The average Bonchev–Trinajstić information content (AvgIpc) is 2.32. The van der Waals surface area contributed by atoms with Crippen LogP contribution in [0.1, 0.15) is 51.6 Å². The second-order valence-corrected chi connectivity index (χ2v) is 4.95. The third kappa shape index (κ3) is 4.33. The summed E-state index contributed by atoms with van der Waals surface area (Å²) < 4.78 is 0. The van der Waals surface area contributed by atoms with E-state index in [2.05, 4.69) is 29.1 Å². The molecule has 1 rings (SSSR count). The number of aryl methyl sites for hydroxylation is 1. The predicted octanol–water partition coefficient (Wildman–Crippen LogP) is 3.79. The molecule has 5 heteroatoms. The van der Waals surface area contributed by atoms with E-state index in [0.717, 1.165) is 25.0 Å². The number of nitrogens with one attached hydrogen (secondary N) is 1. The van der Waals surface area contributed by atoms with Crippen molar-refractivity contribution in [1.82, 2.24) is 9.97 Å². The summed E-state index contributed by atoms with van der Waals surface area (Å²) in [4.78, 5) is 8.22. The van der Waals surface area contributed by atoms with Crippen LogP contribution in [0.25, 0.3) is 0 Å². The third-order valence-electron chi connectivity index (χ3n) is 2.99. The number of halogens is 1. The van der Waals surface area contributed by atoms with Crippen molar-refractivity contribution in [3.8, 4) is 0 Å². The van der Waals surface area contributed by atoms with E-state index in [0.29, 0.717) is 17.5 Å². The van der Waals surface area contributed by atoms with Crippen molar-refractivity contribution < 1.29 is 0 Å². The largest absolute Gasteiger partial charge is 0.394 e. The van der Waals surface area contributed by atoms with Crippen molar-refractivity contribution in [3.63, 3.8) is 0 Å². The van der Waals surface area contributed by atoms with Gasteiger partial charge in [-0.1, -0.05) is 33.1 Å². The molecule has 4 nitrogen and oxygen atoms in total. The molecule has 1 unspecified atom stereocenters. The molecular formula is C13H23ClN4.